The third-order valence-electron chi connectivity index (χ3n) is 2.66. The molecule has 1 aromatic heterocycles. The minimum absolute atomic E-state index is 0.247. The van der Waals surface area contributed by atoms with Crippen molar-refractivity contribution >= 4 is 11.6 Å². The summed E-state index contributed by atoms with van der Waals surface area (Å²) < 4.78 is 18.6. The van der Waals surface area contributed by atoms with Crippen LogP contribution in [0.5, 0.6) is 5.75 Å². The van der Waals surface area contributed by atoms with Crippen LogP contribution in [-0.2, 0) is 13.2 Å². The molecular formula is C14H14ClFN2O. The second-order valence-corrected chi connectivity index (χ2v) is 4.53. The second kappa shape index (κ2) is 5.99. The summed E-state index contributed by atoms with van der Waals surface area (Å²) in [6.45, 7) is 2.44. The summed E-state index contributed by atoms with van der Waals surface area (Å²) in [5, 5.41) is 0.342. The maximum Gasteiger partial charge on any atom is 0.142 e. The normalized spacial score (nSPS) is 10.5. The minimum Gasteiger partial charge on any atom is -0.487 e. The molecule has 19 heavy (non-hydrogen) atoms. The monoisotopic (exact) mass is 280 g/mol. The standard InChI is InChI=1S/C14H14ClFN2O/c1-9-2-5-14(13(7-17)18-9)19-8-10-3-4-11(16)6-12(10)15/h2-6H,7-8,17H2,1H3. The van der Waals surface area contributed by atoms with Gasteiger partial charge in [0.15, 0.2) is 0 Å². The lowest BCUT2D eigenvalue weighted by atomic mass is 10.2. The maximum absolute atomic E-state index is 12.9. The highest BCUT2D eigenvalue weighted by atomic mass is 35.5. The van der Waals surface area contributed by atoms with E-state index < -0.39 is 0 Å². The quantitative estimate of drug-likeness (QED) is 0.935. The Morgan fingerprint density at radius 3 is 2.79 bits per heavy atom. The van der Waals surface area contributed by atoms with Crippen molar-refractivity contribution in [3.05, 3.63) is 58.1 Å². The van der Waals surface area contributed by atoms with E-state index in [0.29, 0.717) is 28.6 Å². The summed E-state index contributed by atoms with van der Waals surface area (Å²) >= 11 is 5.93. The molecule has 0 aliphatic carbocycles. The van der Waals surface area contributed by atoms with Crippen LogP contribution in [0.2, 0.25) is 5.02 Å². The van der Waals surface area contributed by atoms with Gasteiger partial charge in [-0.05, 0) is 31.2 Å². The molecule has 1 heterocycles. The molecule has 2 N–H and O–H groups in total. The van der Waals surface area contributed by atoms with E-state index in [4.69, 9.17) is 22.1 Å². The fraction of sp³-hybridized carbons (Fsp3) is 0.214. The molecule has 0 fully saturated rings. The fourth-order valence-corrected chi connectivity index (χ4v) is 1.89. The highest BCUT2D eigenvalue weighted by molar-refractivity contribution is 6.31. The highest BCUT2D eigenvalue weighted by Gasteiger charge is 2.07. The van der Waals surface area contributed by atoms with Crippen LogP contribution in [-0.4, -0.2) is 4.98 Å². The van der Waals surface area contributed by atoms with E-state index in [0.717, 1.165) is 5.69 Å². The Hall–Kier alpha value is -1.65. The molecule has 0 saturated heterocycles. The van der Waals surface area contributed by atoms with Crippen LogP contribution in [0.15, 0.2) is 30.3 Å². The van der Waals surface area contributed by atoms with Gasteiger partial charge in [0.2, 0.25) is 0 Å². The first-order chi connectivity index (χ1) is 9.10. The number of ether oxygens (including phenoxy) is 1. The van der Waals surface area contributed by atoms with Crippen molar-refractivity contribution in [1.82, 2.24) is 4.98 Å². The molecule has 0 atom stereocenters. The first-order valence-electron chi connectivity index (χ1n) is 5.83. The van der Waals surface area contributed by atoms with Crippen molar-refractivity contribution in [1.29, 1.82) is 0 Å². The van der Waals surface area contributed by atoms with Crippen LogP contribution in [0.3, 0.4) is 0 Å². The third kappa shape index (κ3) is 3.43. The van der Waals surface area contributed by atoms with Crippen LogP contribution < -0.4 is 10.5 Å². The molecule has 0 saturated carbocycles. The number of nitrogens with zero attached hydrogens (tertiary/aromatic N) is 1. The first-order valence-corrected chi connectivity index (χ1v) is 6.21. The smallest absolute Gasteiger partial charge is 0.142 e. The number of aryl methyl sites for hydroxylation is 1. The Morgan fingerprint density at radius 1 is 1.32 bits per heavy atom. The Labute approximate surface area is 116 Å². The van der Waals surface area contributed by atoms with E-state index in [9.17, 15) is 4.39 Å². The van der Waals surface area contributed by atoms with Gasteiger partial charge in [-0.25, -0.2) is 4.39 Å². The number of hydrogen-bond donors (Lipinski definition) is 1. The predicted octanol–water partition coefficient (Wildman–Crippen LogP) is 3.22. The second-order valence-electron chi connectivity index (χ2n) is 4.13. The van der Waals surface area contributed by atoms with Crippen LogP contribution in [0, 0.1) is 12.7 Å². The van der Waals surface area contributed by atoms with Gasteiger partial charge in [0, 0.05) is 17.8 Å². The number of nitrogens with two attached hydrogens (primary N) is 1. The average Bonchev–Trinajstić information content (AvgIpc) is 2.39. The largest absolute Gasteiger partial charge is 0.487 e. The number of halogens is 2. The predicted molar refractivity (Wildman–Crippen MR) is 72.6 cm³/mol. The summed E-state index contributed by atoms with van der Waals surface area (Å²) in [4.78, 5) is 4.30. The van der Waals surface area contributed by atoms with E-state index in [2.05, 4.69) is 4.98 Å². The van der Waals surface area contributed by atoms with Gasteiger partial charge in [0.25, 0.3) is 0 Å². The molecule has 5 heteroatoms. The molecule has 3 nitrogen and oxygen atoms in total. The lowest BCUT2D eigenvalue weighted by molar-refractivity contribution is 0.301. The van der Waals surface area contributed by atoms with Gasteiger partial charge >= 0.3 is 0 Å². The van der Waals surface area contributed by atoms with Gasteiger partial charge in [-0.3, -0.25) is 4.98 Å². The van der Waals surface area contributed by atoms with Gasteiger partial charge < -0.3 is 10.5 Å². The van der Waals surface area contributed by atoms with Gasteiger partial charge in [-0.1, -0.05) is 17.7 Å². The fourth-order valence-electron chi connectivity index (χ4n) is 1.67. The van der Waals surface area contributed by atoms with Gasteiger partial charge in [0.1, 0.15) is 18.2 Å². The van der Waals surface area contributed by atoms with E-state index in [1.165, 1.54) is 12.1 Å². The maximum atomic E-state index is 12.9. The molecule has 0 unspecified atom stereocenters. The topological polar surface area (TPSA) is 48.1 Å². The molecule has 1 aromatic carbocycles. The zero-order valence-corrected chi connectivity index (χ0v) is 11.2. The number of hydrogen-bond acceptors (Lipinski definition) is 3. The van der Waals surface area contributed by atoms with Gasteiger partial charge in [-0.2, -0.15) is 0 Å². The summed E-state index contributed by atoms with van der Waals surface area (Å²) in [5.41, 5.74) is 7.91. The number of benzene rings is 1. The van der Waals surface area contributed by atoms with E-state index in [1.807, 2.05) is 19.1 Å². The molecule has 0 radical (unpaired) electrons. The number of pyridine rings is 1. The Kier molecular flexibility index (Phi) is 4.35. The van der Waals surface area contributed by atoms with Crippen LogP contribution in [0.25, 0.3) is 0 Å². The zero-order chi connectivity index (χ0) is 13.8. The molecule has 0 amide bonds. The summed E-state index contributed by atoms with van der Waals surface area (Å²) in [6, 6.07) is 7.88. The third-order valence-corrected chi connectivity index (χ3v) is 3.02. The van der Waals surface area contributed by atoms with Crippen molar-refractivity contribution in [2.45, 2.75) is 20.1 Å². The molecule has 2 rings (SSSR count). The molecule has 0 aliphatic rings. The minimum atomic E-state index is -0.367. The Balaban J connectivity index is 2.14. The van der Waals surface area contributed by atoms with Crippen molar-refractivity contribution < 1.29 is 9.13 Å². The van der Waals surface area contributed by atoms with Crippen LogP contribution >= 0.6 is 11.6 Å². The Morgan fingerprint density at radius 2 is 2.11 bits per heavy atom. The van der Waals surface area contributed by atoms with E-state index in [1.54, 1.807) is 6.07 Å². The molecule has 0 spiro atoms. The van der Waals surface area contributed by atoms with Crippen molar-refractivity contribution in [3.8, 4) is 5.75 Å². The molecule has 2 aromatic rings. The lowest BCUT2D eigenvalue weighted by Gasteiger charge is -2.11. The summed E-state index contributed by atoms with van der Waals surface area (Å²) in [5.74, 6) is 0.252. The van der Waals surface area contributed by atoms with E-state index >= 15 is 0 Å². The molecule has 0 aliphatic heterocycles. The van der Waals surface area contributed by atoms with Crippen molar-refractivity contribution in [3.63, 3.8) is 0 Å². The van der Waals surface area contributed by atoms with Gasteiger partial charge in [0.05, 0.1) is 10.7 Å². The number of rotatable bonds is 4. The zero-order valence-electron chi connectivity index (χ0n) is 10.5. The highest BCUT2D eigenvalue weighted by Crippen LogP contribution is 2.22. The SMILES string of the molecule is Cc1ccc(OCc2ccc(F)cc2Cl)c(CN)n1. The van der Waals surface area contributed by atoms with Gasteiger partial charge in [-0.15, -0.1) is 0 Å². The summed E-state index contributed by atoms with van der Waals surface area (Å²) in [7, 11) is 0. The lowest BCUT2D eigenvalue weighted by Crippen LogP contribution is -2.06. The van der Waals surface area contributed by atoms with Crippen molar-refractivity contribution in [2.24, 2.45) is 5.73 Å². The van der Waals surface area contributed by atoms with Crippen molar-refractivity contribution in [2.75, 3.05) is 0 Å². The molecule has 0 bridgehead atoms. The Bertz CT molecular complexity index is 590. The van der Waals surface area contributed by atoms with E-state index in [-0.39, 0.29) is 12.4 Å². The molecule has 100 valence electrons. The van der Waals surface area contributed by atoms with Crippen LogP contribution in [0.1, 0.15) is 17.0 Å². The summed E-state index contributed by atoms with van der Waals surface area (Å²) in [6.07, 6.45) is 0. The first kappa shape index (κ1) is 13.8. The molecular weight excluding hydrogens is 267 g/mol. The number of aromatic nitrogens is 1. The average molecular weight is 281 g/mol. The van der Waals surface area contributed by atoms with Crippen LogP contribution in [0.4, 0.5) is 4.39 Å².